The Morgan fingerprint density at radius 3 is 3.27 bits per heavy atom. The van der Waals surface area contributed by atoms with Gasteiger partial charge >= 0.3 is 0 Å². The highest BCUT2D eigenvalue weighted by Gasteiger charge is 2.22. The first-order valence-electron chi connectivity index (χ1n) is 5.12. The second-order valence-corrected chi connectivity index (χ2v) is 3.77. The van der Waals surface area contributed by atoms with Gasteiger partial charge in [-0.15, -0.1) is 0 Å². The van der Waals surface area contributed by atoms with E-state index in [1.165, 1.54) is 0 Å². The number of nitrogens with one attached hydrogen (secondary N) is 1. The van der Waals surface area contributed by atoms with Crippen molar-refractivity contribution in [2.24, 2.45) is 7.05 Å². The molecule has 1 aromatic heterocycles. The summed E-state index contributed by atoms with van der Waals surface area (Å²) in [6.45, 7) is 3.36. The summed E-state index contributed by atoms with van der Waals surface area (Å²) in [5.74, 6) is 1.01. The van der Waals surface area contributed by atoms with Gasteiger partial charge in [0.25, 0.3) is 0 Å². The lowest BCUT2D eigenvalue weighted by atomic mass is 10.2. The van der Waals surface area contributed by atoms with Gasteiger partial charge in [0.15, 0.2) is 0 Å². The Balaban J connectivity index is 2.04. The predicted octanol–water partition coefficient (Wildman–Crippen LogP) is -0.283. The van der Waals surface area contributed by atoms with Gasteiger partial charge in [-0.25, -0.2) is 4.98 Å². The van der Waals surface area contributed by atoms with Gasteiger partial charge in [0.1, 0.15) is 11.9 Å². The second-order valence-electron chi connectivity index (χ2n) is 3.77. The van der Waals surface area contributed by atoms with Crippen LogP contribution in [0.5, 0.6) is 0 Å². The quantitative estimate of drug-likeness (QED) is 0.721. The first-order chi connectivity index (χ1) is 7.31. The number of nitriles is 1. The second kappa shape index (κ2) is 4.43. The molecule has 0 bridgehead atoms. The topological polar surface area (TPSA) is 56.9 Å². The third-order valence-corrected chi connectivity index (χ3v) is 2.77. The summed E-state index contributed by atoms with van der Waals surface area (Å²) < 4.78 is 2.00. The summed E-state index contributed by atoms with van der Waals surface area (Å²) in [6.07, 6.45) is 3.72. The SMILES string of the molecule is Cn1ccnc1CN1CCNCC1C#N. The van der Waals surface area contributed by atoms with Crippen molar-refractivity contribution in [2.75, 3.05) is 19.6 Å². The summed E-state index contributed by atoms with van der Waals surface area (Å²) in [5.41, 5.74) is 0. The molecule has 1 aliphatic rings. The highest BCUT2D eigenvalue weighted by molar-refractivity contribution is 4.99. The Labute approximate surface area is 89.3 Å². The molecule has 0 spiro atoms. The van der Waals surface area contributed by atoms with Gasteiger partial charge < -0.3 is 9.88 Å². The maximum Gasteiger partial charge on any atom is 0.122 e. The monoisotopic (exact) mass is 205 g/mol. The minimum atomic E-state index is -0.0320. The lowest BCUT2D eigenvalue weighted by Gasteiger charge is -2.31. The highest BCUT2D eigenvalue weighted by Crippen LogP contribution is 2.07. The lowest BCUT2D eigenvalue weighted by Crippen LogP contribution is -2.50. The highest BCUT2D eigenvalue weighted by atomic mass is 15.2. The zero-order valence-corrected chi connectivity index (χ0v) is 8.85. The molecule has 1 aliphatic heterocycles. The number of aromatic nitrogens is 2. The Kier molecular flexibility index (Phi) is 2.99. The van der Waals surface area contributed by atoms with E-state index in [4.69, 9.17) is 5.26 Å². The van der Waals surface area contributed by atoms with Crippen molar-refractivity contribution < 1.29 is 0 Å². The van der Waals surface area contributed by atoms with E-state index >= 15 is 0 Å². The van der Waals surface area contributed by atoms with E-state index in [0.717, 1.165) is 32.0 Å². The van der Waals surface area contributed by atoms with Gasteiger partial charge in [-0.05, 0) is 0 Å². The molecule has 5 nitrogen and oxygen atoms in total. The average molecular weight is 205 g/mol. The Bertz CT molecular complexity index is 364. The van der Waals surface area contributed by atoms with Crippen LogP contribution in [-0.4, -0.2) is 40.1 Å². The molecule has 1 saturated heterocycles. The van der Waals surface area contributed by atoms with Crippen LogP contribution in [0.25, 0.3) is 0 Å². The first kappa shape index (κ1) is 10.1. The van der Waals surface area contributed by atoms with Crippen LogP contribution in [0.2, 0.25) is 0 Å². The number of piperazine rings is 1. The molecule has 80 valence electrons. The Hall–Kier alpha value is -1.38. The standard InChI is InChI=1S/C10H15N5/c1-14-4-3-13-10(14)8-15-5-2-12-7-9(15)6-11/h3-4,9,12H,2,5,7-8H2,1H3. The van der Waals surface area contributed by atoms with Crippen LogP contribution < -0.4 is 5.32 Å². The summed E-state index contributed by atoms with van der Waals surface area (Å²) in [4.78, 5) is 6.44. The molecule has 15 heavy (non-hydrogen) atoms. The molecule has 0 radical (unpaired) electrons. The van der Waals surface area contributed by atoms with Crippen LogP contribution in [-0.2, 0) is 13.6 Å². The first-order valence-corrected chi connectivity index (χ1v) is 5.12. The van der Waals surface area contributed by atoms with E-state index in [-0.39, 0.29) is 6.04 Å². The maximum atomic E-state index is 9.00. The minimum absolute atomic E-state index is 0.0320. The predicted molar refractivity (Wildman–Crippen MR) is 55.9 cm³/mol. The van der Waals surface area contributed by atoms with Crippen LogP contribution in [0, 0.1) is 11.3 Å². The summed E-state index contributed by atoms with van der Waals surface area (Å²) in [5, 5.41) is 12.2. The fourth-order valence-electron chi connectivity index (χ4n) is 1.79. The number of hydrogen-bond donors (Lipinski definition) is 1. The fourth-order valence-corrected chi connectivity index (χ4v) is 1.79. The molecule has 1 unspecified atom stereocenters. The van der Waals surface area contributed by atoms with Crippen molar-refractivity contribution in [1.82, 2.24) is 19.8 Å². The molecule has 5 heteroatoms. The molecule has 2 rings (SSSR count). The van der Waals surface area contributed by atoms with Crippen LogP contribution in [0.1, 0.15) is 5.82 Å². The van der Waals surface area contributed by atoms with Gasteiger partial charge in [0.2, 0.25) is 0 Å². The molecule has 1 N–H and O–H groups in total. The van der Waals surface area contributed by atoms with E-state index in [9.17, 15) is 0 Å². The summed E-state index contributed by atoms with van der Waals surface area (Å²) in [6, 6.07) is 2.28. The maximum absolute atomic E-state index is 9.00. The van der Waals surface area contributed by atoms with Crippen LogP contribution in [0.3, 0.4) is 0 Å². The molecule has 1 fully saturated rings. The van der Waals surface area contributed by atoms with Crippen LogP contribution >= 0.6 is 0 Å². The van der Waals surface area contributed by atoms with E-state index < -0.39 is 0 Å². The average Bonchev–Trinajstić information content (AvgIpc) is 2.65. The van der Waals surface area contributed by atoms with Crippen LogP contribution in [0.15, 0.2) is 12.4 Å². The molecule has 1 aromatic rings. The number of hydrogen-bond acceptors (Lipinski definition) is 4. The van der Waals surface area contributed by atoms with Gasteiger partial charge in [-0.2, -0.15) is 5.26 Å². The van der Waals surface area contributed by atoms with E-state index in [1.54, 1.807) is 6.20 Å². The van der Waals surface area contributed by atoms with Crippen molar-refractivity contribution in [3.8, 4) is 6.07 Å². The van der Waals surface area contributed by atoms with Gasteiger partial charge in [-0.3, -0.25) is 4.90 Å². The van der Waals surface area contributed by atoms with Crippen molar-refractivity contribution >= 4 is 0 Å². The summed E-state index contributed by atoms with van der Waals surface area (Å²) >= 11 is 0. The molecular weight excluding hydrogens is 190 g/mol. The third-order valence-electron chi connectivity index (χ3n) is 2.77. The zero-order chi connectivity index (χ0) is 10.7. The van der Waals surface area contributed by atoms with Gasteiger partial charge in [0.05, 0.1) is 12.6 Å². The smallest absolute Gasteiger partial charge is 0.122 e. The van der Waals surface area contributed by atoms with Crippen molar-refractivity contribution in [1.29, 1.82) is 5.26 Å². The number of aryl methyl sites for hydroxylation is 1. The number of imidazole rings is 1. The Morgan fingerprint density at radius 2 is 2.60 bits per heavy atom. The molecule has 0 aliphatic carbocycles. The summed E-state index contributed by atoms with van der Waals surface area (Å²) in [7, 11) is 1.98. The Morgan fingerprint density at radius 1 is 1.73 bits per heavy atom. The molecular formula is C10H15N5. The van der Waals surface area contributed by atoms with Gasteiger partial charge in [-0.1, -0.05) is 0 Å². The van der Waals surface area contributed by atoms with Crippen molar-refractivity contribution in [3.05, 3.63) is 18.2 Å². The molecule has 0 aromatic carbocycles. The fraction of sp³-hybridized carbons (Fsp3) is 0.600. The lowest BCUT2D eigenvalue weighted by molar-refractivity contribution is 0.183. The molecule has 0 amide bonds. The normalized spacial score (nSPS) is 22.5. The molecule has 2 heterocycles. The van der Waals surface area contributed by atoms with Gasteiger partial charge in [0, 0.05) is 39.1 Å². The number of rotatable bonds is 2. The van der Waals surface area contributed by atoms with Crippen LogP contribution in [0.4, 0.5) is 0 Å². The zero-order valence-electron chi connectivity index (χ0n) is 8.85. The molecule has 1 atom stereocenters. The van der Waals surface area contributed by atoms with E-state index in [2.05, 4.69) is 21.3 Å². The third kappa shape index (κ3) is 2.17. The number of nitrogens with zero attached hydrogens (tertiary/aromatic N) is 4. The van der Waals surface area contributed by atoms with Crippen molar-refractivity contribution in [3.63, 3.8) is 0 Å². The van der Waals surface area contributed by atoms with E-state index in [0.29, 0.717) is 0 Å². The molecule has 0 saturated carbocycles. The van der Waals surface area contributed by atoms with Crippen molar-refractivity contribution in [2.45, 2.75) is 12.6 Å². The van der Waals surface area contributed by atoms with E-state index in [1.807, 2.05) is 17.8 Å². The minimum Gasteiger partial charge on any atom is -0.337 e. The largest absolute Gasteiger partial charge is 0.337 e.